The average molecular weight is 409 g/mol. The normalized spacial score (nSPS) is 35.4. The van der Waals surface area contributed by atoms with Crippen molar-refractivity contribution in [2.75, 3.05) is 20.3 Å². The quantitative estimate of drug-likeness (QED) is 0.398. The number of esters is 1. The Bertz CT molecular complexity index is 628. The van der Waals surface area contributed by atoms with E-state index in [1.807, 2.05) is 24.3 Å². The summed E-state index contributed by atoms with van der Waals surface area (Å²) in [6.45, 7) is 0.678. The molecule has 0 N–H and O–H groups in total. The second-order valence-electron chi connectivity index (χ2n) is 8.05. The molecule has 5 heteroatoms. The number of halogens is 1. The minimum absolute atomic E-state index is 0.0104. The third kappa shape index (κ3) is 3.40. The van der Waals surface area contributed by atoms with Crippen LogP contribution in [0.4, 0.5) is 0 Å². The first-order chi connectivity index (χ1) is 12.0. The molecule has 5 rings (SSSR count). The van der Waals surface area contributed by atoms with Gasteiger partial charge in [-0.05, 0) is 74.6 Å². The van der Waals surface area contributed by atoms with Gasteiger partial charge >= 0.3 is 5.97 Å². The number of ether oxygens (including phenoxy) is 3. The fourth-order valence-electron chi connectivity index (χ4n) is 5.51. The Morgan fingerprint density at radius 3 is 2.32 bits per heavy atom. The molecular weight excluding hydrogens is 384 g/mol. The lowest BCUT2D eigenvalue weighted by molar-refractivity contribution is -0.170. The van der Waals surface area contributed by atoms with Crippen molar-refractivity contribution in [3.05, 3.63) is 24.3 Å². The van der Waals surface area contributed by atoms with Gasteiger partial charge in [-0.15, -0.1) is 0 Å². The van der Waals surface area contributed by atoms with E-state index in [1.165, 1.54) is 19.3 Å². The van der Waals surface area contributed by atoms with Gasteiger partial charge in [-0.3, -0.25) is 4.79 Å². The lowest BCUT2D eigenvalue weighted by atomic mass is 9.49. The van der Waals surface area contributed by atoms with Crippen LogP contribution in [0.3, 0.4) is 0 Å². The van der Waals surface area contributed by atoms with Crippen LogP contribution in [0.1, 0.15) is 38.5 Å². The number of rotatable bonds is 6. The highest BCUT2D eigenvalue weighted by Gasteiger charge is 2.60. The standard InChI is InChI=1S/C20H25BrO4/c1-23-16-2-4-17(5-3-16)24-6-7-25-18(22)19-9-14-8-15(10-19)12-20(21,11-14)13-19/h2-5,14-15H,6-13H2,1H3/t14-,15-,19?,20?/m1/s1. The van der Waals surface area contributed by atoms with Crippen LogP contribution in [0.15, 0.2) is 24.3 Å². The minimum Gasteiger partial charge on any atom is -0.497 e. The van der Waals surface area contributed by atoms with E-state index in [0.29, 0.717) is 25.0 Å². The van der Waals surface area contributed by atoms with E-state index < -0.39 is 0 Å². The highest BCUT2D eigenvalue weighted by molar-refractivity contribution is 9.10. The average Bonchev–Trinajstić information content (AvgIpc) is 2.57. The van der Waals surface area contributed by atoms with E-state index in [1.54, 1.807) is 7.11 Å². The third-order valence-electron chi connectivity index (χ3n) is 6.07. The Kier molecular flexibility index (Phi) is 4.47. The topological polar surface area (TPSA) is 44.8 Å². The molecule has 0 heterocycles. The second-order valence-corrected chi connectivity index (χ2v) is 9.73. The summed E-state index contributed by atoms with van der Waals surface area (Å²) in [5.41, 5.74) is -0.256. The zero-order valence-corrected chi connectivity index (χ0v) is 16.2. The van der Waals surface area contributed by atoms with Gasteiger partial charge in [-0.25, -0.2) is 0 Å². The van der Waals surface area contributed by atoms with E-state index >= 15 is 0 Å². The zero-order chi connectivity index (χ0) is 17.5. The van der Waals surface area contributed by atoms with Crippen LogP contribution in [-0.2, 0) is 9.53 Å². The van der Waals surface area contributed by atoms with Gasteiger partial charge in [-0.1, -0.05) is 15.9 Å². The predicted molar refractivity (Wildman–Crippen MR) is 98.2 cm³/mol. The molecule has 0 spiro atoms. The second kappa shape index (κ2) is 6.49. The van der Waals surface area contributed by atoms with E-state index in [9.17, 15) is 4.79 Å². The zero-order valence-electron chi connectivity index (χ0n) is 14.6. The van der Waals surface area contributed by atoms with Crippen molar-refractivity contribution in [2.45, 2.75) is 42.8 Å². The fraction of sp³-hybridized carbons (Fsp3) is 0.650. The number of hydrogen-bond donors (Lipinski definition) is 0. The first-order valence-corrected chi connectivity index (χ1v) is 9.93. The predicted octanol–water partition coefficient (Wildman–Crippen LogP) is 4.35. The molecule has 4 nitrogen and oxygen atoms in total. The van der Waals surface area contributed by atoms with Crippen molar-refractivity contribution < 1.29 is 19.0 Å². The highest BCUT2D eigenvalue weighted by atomic mass is 79.9. The molecule has 25 heavy (non-hydrogen) atoms. The van der Waals surface area contributed by atoms with E-state index in [4.69, 9.17) is 14.2 Å². The fourth-order valence-corrected chi connectivity index (χ4v) is 6.96. The molecule has 1 aromatic rings. The summed E-state index contributed by atoms with van der Waals surface area (Å²) in [6.07, 6.45) is 6.69. The molecule has 0 amide bonds. The smallest absolute Gasteiger partial charge is 0.312 e. The number of benzene rings is 1. The lowest BCUT2D eigenvalue weighted by Gasteiger charge is -2.58. The van der Waals surface area contributed by atoms with Gasteiger partial charge in [0.2, 0.25) is 0 Å². The Labute approximate surface area is 157 Å². The molecule has 4 bridgehead atoms. The number of methoxy groups -OCH3 is 1. The lowest BCUT2D eigenvalue weighted by Crippen LogP contribution is -2.56. The van der Waals surface area contributed by atoms with Crippen LogP contribution < -0.4 is 9.47 Å². The summed E-state index contributed by atoms with van der Waals surface area (Å²) in [5.74, 6) is 2.91. The maximum atomic E-state index is 12.8. The number of hydrogen-bond acceptors (Lipinski definition) is 4. The largest absolute Gasteiger partial charge is 0.497 e. The Balaban J connectivity index is 1.29. The maximum absolute atomic E-state index is 12.8. The van der Waals surface area contributed by atoms with Crippen LogP contribution in [0.2, 0.25) is 0 Å². The van der Waals surface area contributed by atoms with Crippen LogP contribution in [0, 0.1) is 17.3 Å². The molecule has 136 valence electrons. The van der Waals surface area contributed by atoms with Gasteiger partial charge < -0.3 is 14.2 Å². The van der Waals surface area contributed by atoms with Gasteiger partial charge in [0.05, 0.1) is 12.5 Å². The van der Waals surface area contributed by atoms with Crippen LogP contribution in [0.25, 0.3) is 0 Å². The molecule has 4 aliphatic rings. The summed E-state index contributed by atoms with van der Waals surface area (Å²) in [5, 5.41) is 0. The summed E-state index contributed by atoms with van der Waals surface area (Å²) in [4.78, 5) is 12.8. The van der Waals surface area contributed by atoms with Crippen LogP contribution in [0.5, 0.6) is 11.5 Å². The summed E-state index contributed by atoms with van der Waals surface area (Å²) >= 11 is 3.94. The van der Waals surface area contributed by atoms with Crippen molar-refractivity contribution in [2.24, 2.45) is 17.3 Å². The van der Waals surface area contributed by atoms with Crippen molar-refractivity contribution in [1.29, 1.82) is 0 Å². The first kappa shape index (κ1) is 17.2. The highest BCUT2D eigenvalue weighted by Crippen LogP contribution is 2.64. The van der Waals surface area contributed by atoms with Crippen molar-refractivity contribution in [3.8, 4) is 11.5 Å². The molecule has 4 aliphatic carbocycles. The first-order valence-electron chi connectivity index (χ1n) is 9.13. The molecule has 2 atom stereocenters. The van der Waals surface area contributed by atoms with E-state index in [0.717, 1.165) is 30.8 Å². The third-order valence-corrected chi connectivity index (χ3v) is 7.00. The molecule has 0 unspecified atom stereocenters. The Hall–Kier alpha value is -1.23. The maximum Gasteiger partial charge on any atom is 0.312 e. The molecule has 0 aliphatic heterocycles. The monoisotopic (exact) mass is 408 g/mol. The number of carbonyl (C=O) groups excluding carboxylic acids is 1. The molecular formula is C20H25BrO4. The molecule has 4 fully saturated rings. The number of alkyl halides is 1. The summed E-state index contributed by atoms with van der Waals surface area (Å²) in [6, 6.07) is 7.42. The van der Waals surface area contributed by atoms with Crippen molar-refractivity contribution in [3.63, 3.8) is 0 Å². The Morgan fingerprint density at radius 1 is 1.08 bits per heavy atom. The van der Waals surface area contributed by atoms with Crippen LogP contribution in [-0.4, -0.2) is 30.6 Å². The van der Waals surface area contributed by atoms with Gasteiger partial charge in [0, 0.05) is 4.32 Å². The van der Waals surface area contributed by atoms with E-state index in [-0.39, 0.29) is 15.7 Å². The van der Waals surface area contributed by atoms with Gasteiger partial charge in [0.25, 0.3) is 0 Å². The summed E-state index contributed by atoms with van der Waals surface area (Å²) in [7, 11) is 1.64. The molecule has 4 saturated carbocycles. The minimum atomic E-state index is -0.256. The van der Waals surface area contributed by atoms with E-state index in [2.05, 4.69) is 15.9 Å². The molecule has 0 saturated heterocycles. The van der Waals surface area contributed by atoms with Crippen molar-refractivity contribution >= 4 is 21.9 Å². The molecule has 1 aromatic carbocycles. The molecule has 0 radical (unpaired) electrons. The van der Waals surface area contributed by atoms with Gasteiger partial charge in [0.1, 0.15) is 24.7 Å². The SMILES string of the molecule is COc1ccc(OCCOC(=O)C23C[C@H]4C[C@@H](CC(Br)(C4)C2)C3)cc1. The van der Waals surface area contributed by atoms with Crippen LogP contribution >= 0.6 is 15.9 Å². The summed E-state index contributed by atoms with van der Waals surface area (Å²) < 4.78 is 16.6. The molecule has 0 aromatic heterocycles. The van der Waals surface area contributed by atoms with Gasteiger partial charge in [-0.2, -0.15) is 0 Å². The number of carbonyl (C=O) groups is 1. The Morgan fingerprint density at radius 2 is 1.72 bits per heavy atom. The van der Waals surface area contributed by atoms with Crippen molar-refractivity contribution in [1.82, 2.24) is 0 Å². The van der Waals surface area contributed by atoms with Gasteiger partial charge in [0.15, 0.2) is 0 Å².